The van der Waals surface area contributed by atoms with Crippen molar-refractivity contribution in [2.75, 3.05) is 0 Å². The van der Waals surface area contributed by atoms with Gasteiger partial charge in [0.25, 0.3) is 0 Å². The smallest absolute Gasteiger partial charge is 0.306 e. The average Bonchev–Trinajstić information content (AvgIpc) is 2.02. The summed E-state index contributed by atoms with van der Waals surface area (Å²) in [5, 5.41) is 9.43. The molecule has 3 nitrogen and oxygen atoms in total. The summed E-state index contributed by atoms with van der Waals surface area (Å²) in [5.41, 5.74) is 0. The zero-order valence-electron chi connectivity index (χ0n) is 7.90. The van der Waals surface area contributed by atoms with E-state index in [9.17, 15) is 9.90 Å². The minimum Gasteiger partial charge on any atom is -0.462 e. The average molecular weight is 184 g/mol. The molecule has 2 rings (SSSR count). The van der Waals surface area contributed by atoms with Crippen molar-refractivity contribution < 1.29 is 14.6 Å². The van der Waals surface area contributed by atoms with Gasteiger partial charge in [0, 0.05) is 12.8 Å². The van der Waals surface area contributed by atoms with Crippen LogP contribution in [0.2, 0.25) is 0 Å². The fraction of sp³-hybridized carbons (Fsp3) is 0.900. The van der Waals surface area contributed by atoms with E-state index in [1.807, 2.05) is 0 Å². The van der Waals surface area contributed by atoms with Gasteiger partial charge in [-0.15, -0.1) is 0 Å². The highest BCUT2D eigenvalue weighted by Crippen LogP contribution is 2.37. The molecular weight excluding hydrogens is 168 g/mol. The first-order chi connectivity index (χ1) is 6.16. The second-order valence-electron chi connectivity index (χ2n) is 4.34. The molecule has 1 saturated heterocycles. The van der Waals surface area contributed by atoms with E-state index in [4.69, 9.17) is 4.74 Å². The Morgan fingerprint density at radius 3 is 3.00 bits per heavy atom. The van der Waals surface area contributed by atoms with E-state index in [2.05, 4.69) is 6.92 Å². The maximum atomic E-state index is 11.1. The van der Waals surface area contributed by atoms with Crippen LogP contribution in [-0.4, -0.2) is 23.3 Å². The number of hydrogen-bond acceptors (Lipinski definition) is 3. The molecular formula is C10H16O3. The second kappa shape index (κ2) is 3.29. The molecule has 1 saturated carbocycles. The Balaban J connectivity index is 2.06. The van der Waals surface area contributed by atoms with Gasteiger partial charge in [-0.25, -0.2) is 0 Å². The third-order valence-corrected chi connectivity index (χ3v) is 3.32. The minimum absolute atomic E-state index is 0.0139. The van der Waals surface area contributed by atoms with E-state index in [1.165, 1.54) is 0 Å². The summed E-state index contributed by atoms with van der Waals surface area (Å²) in [6, 6.07) is 0. The molecule has 0 spiro atoms. The lowest BCUT2D eigenvalue weighted by molar-refractivity contribution is -0.169. The predicted octanol–water partition coefficient (Wildman–Crippen LogP) is 1.10. The van der Waals surface area contributed by atoms with Crippen molar-refractivity contribution in [3.8, 4) is 0 Å². The summed E-state index contributed by atoms with van der Waals surface area (Å²) in [6.45, 7) is 2.11. The van der Waals surface area contributed by atoms with Gasteiger partial charge >= 0.3 is 5.97 Å². The molecule has 1 N–H and O–H groups in total. The van der Waals surface area contributed by atoms with Gasteiger partial charge in [-0.05, 0) is 24.7 Å². The monoisotopic (exact) mass is 184 g/mol. The van der Waals surface area contributed by atoms with Crippen LogP contribution in [0.1, 0.15) is 32.6 Å². The lowest BCUT2D eigenvalue weighted by Gasteiger charge is -2.40. The number of fused-ring (bicyclic) bond motifs is 1. The van der Waals surface area contributed by atoms with Gasteiger partial charge in [0.05, 0.1) is 6.10 Å². The largest absolute Gasteiger partial charge is 0.462 e. The zero-order chi connectivity index (χ0) is 9.42. The Morgan fingerprint density at radius 1 is 1.46 bits per heavy atom. The maximum Gasteiger partial charge on any atom is 0.306 e. The van der Waals surface area contributed by atoms with Crippen molar-refractivity contribution in [1.82, 2.24) is 0 Å². The van der Waals surface area contributed by atoms with Crippen molar-refractivity contribution >= 4 is 5.97 Å². The first-order valence-electron chi connectivity index (χ1n) is 5.04. The van der Waals surface area contributed by atoms with Crippen LogP contribution in [0.3, 0.4) is 0 Å². The number of rotatable bonds is 0. The molecule has 0 aromatic heterocycles. The van der Waals surface area contributed by atoms with E-state index >= 15 is 0 Å². The van der Waals surface area contributed by atoms with Crippen molar-refractivity contribution in [3.63, 3.8) is 0 Å². The highest BCUT2D eigenvalue weighted by atomic mass is 16.5. The van der Waals surface area contributed by atoms with Crippen LogP contribution in [0.25, 0.3) is 0 Å². The van der Waals surface area contributed by atoms with Crippen LogP contribution in [0.15, 0.2) is 0 Å². The van der Waals surface area contributed by atoms with Gasteiger partial charge in [-0.3, -0.25) is 4.79 Å². The van der Waals surface area contributed by atoms with Crippen molar-refractivity contribution in [2.24, 2.45) is 11.8 Å². The Hall–Kier alpha value is -0.570. The van der Waals surface area contributed by atoms with Gasteiger partial charge in [0.15, 0.2) is 0 Å². The third kappa shape index (κ3) is 1.70. The fourth-order valence-electron chi connectivity index (χ4n) is 2.55. The molecule has 2 fully saturated rings. The summed E-state index contributed by atoms with van der Waals surface area (Å²) in [4.78, 5) is 11.1. The van der Waals surface area contributed by atoms with Crippen LogP contribution in [0.5, 0.6) is 0 Å². The summed E-state index contributed by atoms with van der Waals surface area (Å²) < 4.78 is 5.23. The van der Waals surface area contributed by atoms with E-state index in [-0.39, 0.29) is 18.2 Å². The highest BCUT2D eigenvalue weighted by molar-refractivity contribution is 5.70. The molecule has 4 unspecified atom stereocenters. The number of carbonyl (C=O) groups is 1. The van der Waals surface area contributed by atoms with E-state index < -0.39 is 0 Å². The lowest BCUT2D eigenvalue weighted by atomic mass is 9.75. The molecule has 74 valence electrons. The van der Waals surface area contributed by atoms with Crippen LogP contribution in [0, 0.1) is 11.8 Å². The highest BCUT2D eigenvalue weighted by Gasteiger charge is 2.39. The molecule has 0 aromatic carbocycles. The molecule has 0 amide bonds. The molecule has 13 heavy (non-hydrogen) atoms. The predicted molar refractivity (Wildman–Crippen MR) is 47.0 cm³/mol. The fourth-order valence-corrected chi connectivity index (χ4v) is 2.55. The normalized spacial score (nSPS) is 45.2. The van der Waals surface area contributed by atoms with Crippen molar-refractivity contribution in [3.05, 3.63) is 0 Å². The van der Waals surface area contributed by atoms with Crippen LogP contribution < -0.4 is 0 Å². The summed E-state index contributed by atoms with van der Waals surface area (Å²) >= 11 is 0. The Bertz CT molecular complexity index is 214. The van der Waals surface area contributed by atoms with Gasteiger partial charge in [-0.2, -0.15) is 0 Å². The quantitative estimate of drug-likeness (QED) is 0.573. The van der Waals surface area contributed by atoms with Crippen molar-refractivity contribution in [2.45, 2.75) is 44.8 Å². The summed E-state index contributed by atoms with van der Waals surface area (Å²) in [6.07, 6.45) is 2.78. The molecule has 1 aliphatic heterocycles. The number of carbonyl (C=O) groups excluding carboxylic acids is 1. The van der Waals surface area contributed by atoms with Gasteiger partial charge in [-0.1, -0.05) is 6.92 Å². The Morgan fingerprint density at radius 2 is 2.23 bits per heavy atom. The third-order valence-electron chi connectivity index (χ3n) is 3.32. The minimum atomic E-state index is -0.264. The molecule has 4 atom stereocenters. The van der Waals surface area contributed by atoms with Gasteiger partial charge in [0.1, 0.15) is 6.10 Å². The lowest BCUT2D eigenvalue weighted by Crippen LogP contribution is -2.43. The Kier molecular flexibility index (Phi) is 2.28. The van der Waals surface area contributed by atoms with Gasteiger partial charge < -0.3 is 9.84 Å². The number of aliphatic hydroxyl groups is 1. The topological polar surface area (TPSA) is 46.5 Å². The molecule has 0 aromatic rings. The molecule has 1 heterocycles. The van der Waals surface area contributed by atoms with E-state index in [0.717, 1.165) is 12.8 Å². The number of ether oxygens (including phenoxy) is 1. The van der Waals surface area contributed by atoms with E-state index in [0.29, 0.717) is 24.7 Å². The molecule has 0 radical (unpaired) electrons. The second-order valence-corrected chi connectivity index (χ2v) is 4.34. The molecule has 1 aliphatic carbocycles. The van der Waals surface area contributed by atoms with E-state index in [1.54, 1.807) is 0 Å². The number of hydrogen-bond donors (Lipinski definition) is 1. The maximum absolute atomic E-state index is 11.1. The number of aliphatic hydroxyl groups excluding tert-OH is 1. The molecule has 3 heteroatoms. The summed E-state index contributed by atoms with van der Waals surface area (Å²) in [5.74, 6) is 0.822. The standard InChI is InChI=1S/C10H16O3/c1-6-4-10(12)13-9-5-7(11)2-3-8(6)9/h6-9,11H,2-5H2,1H3. The molecule has 0 bridgehead atoms. The number of esters is 1. The zero-order valence-corrected chi connectivity index (χ0v) is 7.90. The van der Waals surface area contributed by atoms with Crippen LogP contribution in [0.4, 0.5) is 0 Å². The SMILES string of the molecule is CC1CC(=O)OC2CC(O)CCC12. The van der Waals surface area contributed by atoms with Crippen LogP contribution in [-0.2, 0) is 9.53 Å². The summed E-state index contributed by atoms with van der Waals surface area (Å²) in [7, 11) is 0. The molecule has 2 aliphatic rings. The van der Waals surface area contributed by atoms with Crippen molar-refractivity contribution in [1.29, 1.82) is 0 Å². The van der Waals surface area contributed by atoms with Crippen LogP contribution >= 0.6 is 0 Å². The first-order valence-corrected chi connectivity index (χ1v) is 5.04. The Labute approximate surface area is 78.1 Å². The first kappa shape index (κ1) is 9.00. The van der Waals surface area contributed by atoms with Gasteiger partial charge in [0.2, 0.25) is 0 Å².